The minimum atomic E-state index is 0.623. The Morgan fingerprint density at radius 3 is 2.70 bits per heavy atom. The van der Waals surface area contributed by atoms with Crippen molar-refractivity contribution in [2.75, 3.05) is 7.05 Å². The number of allylic oxidation sites excluding steroid dienone is 1. The Kier molecular flexibility index (Phi) is 2.94. The zero-order valence-corrected chi connectivity index (χ0v) is 6.93. The maximum atomic E-state index is 3.29. The van der Waals surface area contributed by atoms with Crippen molar-refractivity contribution in [2.24, 2.45) is 5.92 Å². The fraction of sp³-hybridized carbons (Fsp3) is 0.778. The van der Waals surface area contributed by atoms with E-state index in [-0.39, 0.29) is 0 Å². The molecule has 0 bridgehead atoms. The molecule has 0 saturated heterocycles. The van der Waals surface area contributed by atoms with E-state index in [0.29, 0.717) is 6.04 Å². The maximum Gasteiger partial charge on any atom is 0.0249 e. The highest BCUT2D eigenvalue weighted by molar-refractivity contribution is 4.93. The molecule has 10 heavy (non-hydrogen) atoms. The molecule has 0 amide bonds. The lowest BCUT2D eigenvalue weighted by Crippen LogP contribution is -2.22. The largest absolute Gasteiger partial charge is 0.314 e. The van der Waals surface area contributed by atoms with Crippen LogP contribution in [0.2, 0.25) is 0 Å². The molecule has 1 heteroatoms. The number of hydrogen-bond acceptors (Lipinski definition) is 1. The molecule has 1 saturated carbocycles. The summed E-state index contributed by atoms with van der Waals surface area (Å²) in [6.45, 7) is 2.08. The van der Waals surface area contributed by atoms with E-state index in [1.54, 1.807) is 0 Å². The van der Waals surface area contributed by atoms with Crippen LogP contribution in [0.15, 0.2) is 12.2 Å². The quantitative estimate of drug-likeness (QED) is 0.587. The molecular weight excluding hydrogens is 122 g/mol. The van der Waals surface area contributed by atoms with Crippen molar-refractivity contribution in [3.63, 3.8) is 0 Å². The Balaban J connectivity index is 2.17. The molecule has 1 nitrogen and oxygen atoms in total. The molecule has 1 aliphatic carbocycles. The summed E-state index contributed by atoms with van der Waals surface area (Å²) in [4.78, 5) is 0. The molecule has 0 heterocycles. The van der Waals surface area contributed by atoms with Crippen LogP contribution in [0.3, 0.4) is 0 Å². The standard InChI is InChI=1S/C9H17N/c1-3-4-9(10-2)7-8-5-6-8/h3-4,8-10H,5-7H2,1-2H3. The molecule has 0 spiro atoms. The fourth-order valence-corrected chi connectivity index (χ4v) is 1.24. The fourth-order valence-electron chi connectivity index (χ4n) is 1.24. The second-order valence-electron chi connectivity index (χ2n) is 3.10. The van der Waals surface area contributed by atoms with Crippen molar-refractivity contribution < 1.29 is 0 Å². The molecule has 1 rings (SSSR count). The van der Waals surface area contributed by atoms with Gasteiger partial charge in [-0.3, -0.25) is 0 Å². The third-order valence-corrected chi connectivity index (χ3v) is 2.08. The first-order valence-electron chi connectivity index (χ1n) is 4.17. The topological polar surface area (TPSA) is 12.0 Å². The molecule has 1 unspecified atom stereocenters. The summed E-state index contributed by atoms with van der Waals surface area (Å²) < 4.78 is 0. The minimum absolute atomic E-state index is 0.623. The highest BCUT2D eigenvalue weighted by atomic mass is 14.9. The lowest BCUT2D eigenvalue weighted by Gasteiger charge is -2.09. The SMILES string of the molecule is CC=CC(CC1CC1)NC. The van der Waals surface area contributed by atoms with Gasteiger partial charge in [-0.25, -0.2) is 0 Å². The van der Waals surface area contributed by atoms with Crippen molar-refractivity contribution in [1.29, 1.82) is 0 Å². The van der Waals surface area contributed by atoms with Gasteiger partial charge in [0.15, 0.2) is 0 Å². The van der Waals surface area contributed by atoms with Crippen LogP contribution < -0.4 is 5.32 Å². The van der Waals surface area contributed by atoms with E-state index in [1.807, 2.05) is 7.05 Å². The van der Waals surface area contributed by atoms with Gasteiger partial charge in [-0.05, 0) is 26.3 Å². The number of nitrogens with one attached hydrogen (secondary N) is 1. The molecule has 1 aliphatic rings. The van der Waals surface area contributed by atoms with Gasteiger partial charge in [0.25, 0.3) is 0 Å². The summed E-state index contributed by atoms with van der Waals surface area (Å²) in [5, 5.41) is 3.29. The normalized spacial score (nSPS) is 21.8. The van der Waals surface area contributed by atoms with Gasteiger partial charge in [-0.1, -0.05) is 25.0 Å². The lowest BCUT2D eigenvalue weighted by atomic mass is 10.1. The molecule has 58 valence electrons. The first kappa shape index (κ1) is 7.80. The first-order chi connectivity index (χ1) is 4.86. The van der Waals surface area contributed by atoms with Gasteiger partial charge in [0.1, 0.15) is 0 Å². The van der Waals surface area contributed by atoms with E-state index < -0.39 is 0 Å². The van der Waals surface area contributed by atoms with Crippen LogP contribution in [0.5, 0.6) is 0 Å². The maximum absolute atomic E-state index is 3.29. The predicted molar refractivity (Wildman–Crippen MR) is 45.0 cm³/mol. The van der Waals surface area contributed by atoms with Gasteiger partial charge < -0.3 is 5.32 Å². The summed E-state index contributed by atoms with van der Waals surface area (Å²) in [5.41, 5.74) is 0. The molecule has 0 radical (unpaired) electrons. The van der Waals surface area contributed by atoms with Crippen LogP contribution in [0.1, 0.15) is 26.2 Å². The Morgan fingerprint density at radius 1 is 1.60 bits per heavy atom. The predicted octanol–water partition coefficient (Wildman–Crippen LogP) is 1.95. The lowest BCUT2D eigenvalue weighted by molar-refractivity contribution is 0.571. The van der Waals surface area contributed by atoms with Crippen molar-refractivity contribution in [1.82, 2.24) is 5.32 Å². The zero-order chi connectivity index (χ0) is 7.40. The molecule has 0 aromatic heterocycles. The Labute approximate surface area is 63.5 Å². The second-order valence-corrected chi connectivity index (χ2v) is 3.10. The van der Waals surface area contributed by atoms with E-state index in [0.717, 1.165) is 5.92 Å². The molecular formula is C9H17N. The van der Waals surface area contributed by atoms with Gasteiger partial charge >= 0.3 is 0 Å². The summed E-state index contributed by atoms with van der Waals surface area (Å²) in [7, 11) is 2.03. The van der Waals surface area contributed by atoms with Crippen LogP contribution in [-0.4, -0.2) is 13.1 Å². The summed E-state index contributed by atoms with van der Waals surface area (Å²) >= 11 is 0. The smallest absolute Gasteiger partial charge is 0.0249 e. The van der Waals surface area contributed by atoms with E-state index in [2.05, 4.69) is 24.4 Å². The van der Waals surface area contributed by atoms with Crippen LogP contribution in [-0.2, 0) is 0 Å². The number of hydrogen-bond donors (Lipinski definition) is 1. The van der Waals surface area contributed by atoms with Crippen molar-refractivity contribution in [2.45, 2.75) is 32.2 Å². The monoisotopic (exact) mass is 139 g/mol. The Hall–Kier alpha value is -0.300. The van der Waals surface area contributed by atoms with Crippen LogP contribution in [0.25, 0.3) is 0 Å². The average molecular weight is 139 g/mol. The Bertz CT molecular complexity index is 114. The molecule has 1 fully saturated rings. The van der Waals surface area contributed by atoms with E-state index in [1.165, 1.54) is 19.3 Å². The molecule has 1 N–H and O–H groups in total. The second kappa shape index (κ2) is 3.77. The van der Waals surface area contributed by atoms with Gasteiger partial charge in [-0.15, -0.1) is 0 Å². The van der Waals surface area contributed by atoms with E-state index in [9.17, 15) is 0 Å². The highest BCUT2D eigenvalue weighted by Crippen LogP contribution is 2.33. The van der Waals surface area contributed by atoms with Gasteiger partial charge in [0.2, 0.25) is 0 Å². The first-order valence-corrected chi connectivity index (χ1v) is 4.17. The zero-order valence-electron chi connectivity index (χ0n) is 6.93. The Morgan fingerprint density at radius 2 is 2.30 bits per heavy atom. The van der Waals surface area contributed by atoms with Crippen molar-refractivity contribution >= 4 is 0 Å². The molecule has 0 aliphatic heterocycles. The third-order valence-electron chi connectivity index (χ3n) is 2.08. The van der Waals surface area contributed by atoms with Crippen LogP contribution >= 0.6 is 0 Å². The summed E-state index contributed by atoms with van der Waals surface area (Å²) in [5.74, 6) is 1.02. The number of likely N-dealkylation sites (N-methyl/N-ethyl adjacent to an activating group) is 1. The minimum Gasteiger partial charge on any atom is -0.314 e. The van der Waals surface area contributed by atoms with E-state index in [4.69, 9.17) is 0 Å². The van der Waals surface area contributed by atoms with Crippen LogP contribution in [0, 0.1) is 5.92 Å². The molecule has 0 aromatic rings. The number of rotatable bonds is 4. The van der Waals surface area contributed by atoms with Gasteiger partial charge in [0.05, 0.1) is 0 Å². The highest BCUT2D eigenvalue weighted by Gasteiger charge is 2.23. The van der Waals surface area contributed by atoms with Gasteiger partial charge in [0, 0.05) is 6.04 Å². The molecule has 0 aromatic carbocycles. The van der Waals surface area contributed by atoms with Crippen molar-refractivity contribution in [3.8, 4) is 0 Å². The van der Waals surface area contributed by atoms with Crippen molar-refractivity contribution in [3.05, 3.63) is 12.2 Å². The van der Waals surface area contributed by atoms with E-state index >= 15 is 0 Å². The average Bonchev–Trinajstić information content (AvgIpc) is 2.71. The summed E-state index contributed by atoms with van der Waals surface area (Å²) in [6, 6.07) is 0.623. The molecule has 1 atom stereocenters. The van der Waals surface area contributed by atoms with Crippen LogP contribution in [0.4, 0.5) is 0 Å². The summed E-state index contributed by atoms with van der Waals surface area (Å²) in [6.07, 6.45) is 8.62. The van der Waals surface area contributed by atoms with Gasteiger partial charge in [-0.2, -0.15) is 0 Å². The third kappa shape index (κ3) is 2.53.